The predicted octanol–water partition coefficient (Wildman–Crippen LogP) is 1.37. The fourth-order valence-corrected chi connectivity index (χ4v) is 4.92. The molecule has 0 aromatic heterocycles. The highest BCUT2D eigenvalue weighted by Gasteiger charge is 2.48. The molecule has 0 bridgehead atoms. The smallest absolute Gasteiger partial charge is 0.303 e. The summed E-state index contributed by atoms with van der Waals surface area (Å²) >= 11 is 0. The van der Waals surface area contributed by atoms with Gasteiger partial charge in [0.1, 0.15) is 42.7 Å². The maximum absolute atomic E-state index is 10.8. The Bertz CT molecular complexity index is 752. The summed E-state index contributed by atoms with van der Waals surface area (Å²) in [5, 5.41) is 78.3. The van der Waals surface area contributed by atoms with Crippen LogP contribution < -0.4 is 0 Å². The van der Waals surface area contributed by atoms with E-state index in [9.17, 15) is 40.5 Å². The minimum atomic E-state index is -1.57. The average Bonchev–Trinajstić information content (AvgIpc) is 2.99. The van der Waals surface area contributed by atoms with E-state index in [1.165, 1.54) is 6.92 Å². The van der Waals surface area contributed by atoms with Crippen molar-refractivity contribution in [3.8, 4) is 0 Å². The molecule has 1 aliphatic rings. The van der Waals surface area contributed by atoms with E-state index in [1.807, 2.05) is 6.92 Å². The SMILES string of the molecule is CC(CCCCCC/C=C\CCCCCCCC(=O)O)O[C@@H]1OC(CO)[C@@H](O)C(O)[C@@H]1O[C@H](OC(CO)[C@@H](O)CO)[C@H](C)O. The van der Waals surface area contributed by atoms with Gasteiger partial charge in [-0.3, -0.25) is 4.79 Å². The Kier molecular flexibility index (Phi) is 22.3. The van der Waals surface area contributed by atoms with Gasteiger partial charge in [-0.2, -0.15) is 0 Å². The van der Waals surface area contributed by atoms with Gasteiger partial charge in [0.2, 0.25) is 0 Å². The molecule has 1 heterocycles. The minimum Gasteiger partial charge on any atom is -0.481 e. The molecule has 1 saturated heterocycles. The van der Waals surface area contributed by atoms with E-state index < -0.39 is 81.1 Å². The summed E-state index contributed by atoms with van der Waals surface area (Å²) in [6, 6.07) is 0. The van der Waals surface area contributed by atoms with Crippen LogP contribution in [0.4, 0.5) is 0 Å². The van der Waals surface area contributed by atoms with Gasteiger partial charge in [0, 0.05) is 6.42 Å². The third-order valence-electron chi connectivity index (χ3n) is 7.64. The van der Waals surface area contributed by atoms with E-state index in [4.69, 9.17) is 24.1 Å². The Labute approximate surface area is 261 Å². The minimum absolute atomic E-state index is 0.255. The molecule has 0 aliphatic carbocycles. The highest BCUT2D eigenvalue weighted by Crippen LogP contribution is 2.28. The quantitative estimate of drug-likeness (QED) is 0.0382. The third-order valence-corrected chi connectivity index (χ3v) is 7.64. The molecule has 0 aromatic carbocycles. The molecular weight excluding hydrogens is 580 g/mol. The van der Waals surface area contributed by atoms with Crippen molar-refractivity contribution in [2.75, 3.05) is 19.8 Å². The first-order chi connectivity index (χ1) is 21.0. The summed E-state index contributed by atoms with van der Waals surface area (Å²) in [7, 11) is 0. The van der Waals surface area contributed by atoms with E-state index >= 15 is 0 Å². The zero-order valence-electron chi connectivity index (χ0n) is 26.4. The van der Waals surface area contributed by atoms with Gasteiger partial charge in [-0.15, -0.1) is 0 Å². The summed E-state index contributed by atoms with van der Waals surface area (Å²) in [4.78, 5) is 10.5. The molecular formula is C31H58O13. The lowest BCUT2D eigenvalue weighted by Crippen LogP contribution is -2.62. The average molecular weight is 639 g/mol. The molecule has 8 N–H and O–H groups in total. The van der Waals surface area contributed by atoms with E-state index in [0.717, 1.165) is 70.6 Å². The van der Waals surface area contributed by atoms with Crippen molar-refractivity contribution in [1.82, 2.24) is 0 Å². The molecule has 260 valence electrons. The summed E-state index contributed by atoms with van der Waals surface area (Å²) in [6.07, 6.45) is 3.82. The normalized spacial score (nSPS) is 26.0. The zero-order valence-corrected chi connectivity index (χ0v) is 26.4. The second kappa shape index (κ2) is 24.0. The van der Waals surface area contributed by atoms with Gasteiger partial charge < -0.3 is 59.8 Å². The fraction of sp³-hybridized carbons (Fsp3) is 0.903. The first-order valence-electron chi connectivity index (χ1n) is 16.1. The summed E-state index contributed by atoms with van der Waals surface area (Å²) < 4.78 is 22.9. The standard InChI is InChI=1S/C31H58O13/c1-21(16-14-12-10-8-6-4-3-5-7-9-11-13-15-17-26(37)38)41-31-29(28(40)27(39)25(20-34)43-31)44-30(22(2)35)42-24(19-33)23(36)18-32/h3-4,21-25,27-36,39-40H,5-20H2,1-2H3,(H,37,38)/b4-3-/t21?,22-,23-,24?,25?,27+,28?,29-,30-,31+/m0/s1. The van der Waals surface area contributed by atoms with Gasteiger partial charge >= 0.3 is 5.97 Å². The van der Waals surface area contributed by atoms with E-state index in [-0.39, 0.29) is 12.5 Å². The molecule has 10 atom stereocenters. The van der Waals surface area contributed by atoms with Gasteiger partial charge in [-0.1, -0.05) is 50.7 Å². The molecule has 0 amide bonds. The Balaban J connectivity index is 2.47. The lowest BCUT2D eigenvalue weighted by Gasteiger charge is -2.44. The highest BCUT2D eigenvalue weighted by atomic mass is 16.8. The molecule has 0 saturated carbocycles. The number of unbranched alkanes of at least 4 members (excludes halogenated alkanes) is 9. The number of carboxylic acids is 1. The molecule has 44 heavy (non-hydrogen) atoms. The summed E-state index contributed by atoms with van der Waals surface area (Å²) in [5.41, 5.74) is 0. The number of hydrogen-bond donors (Lipinski definition) is 8. The van der Waals surface area contributed by atoms with Crippen molar-refractivity contribution in [1.29, 1.82) is 0 Å². The van der Waals surface area contributed by atoms with Crippen LogP contribution in [-0.2, 0) is 23.7 Å². The first-order valence-corrected chi connectivity index (χ1v) is 16.1. The van der Waals surface area contributed by atoms with Gasteiger partial charge in [0.25, 0.3) is 0 Å². The molecule has 1 aliphatic heterocycles. The zero-order chi connectivity index (χ0) is 32.9. The van der Waals surface area contributed by atoms with Crippen LogP contribution in [0.2, 0.25) is 0 Å². The van der Waals surface area contributed by atoms with Crippen molar-refractivity contribution >= 4 is 5.97 Å². The van der Waals surface area contributed by atoms with Crippen molar-refractivity contribution in [3.05, 3.63) is 12.2 Å². The number of aliphatic carboxylic acids is 1. The predicted molar refractivity (Wildman–Crippen MR) is 160 cm³/mol. The summed E-state index contributed by atoms with van der Waals surface area (Å²) in [6.45, 7) is 1.21. The number of aliphatic hydroxyl groups is 7. The molecule has 1 fully saturated rings. The maximum atomic E-state index is 10.8. The lowest BCUT2D eigenvalue weighted by atomic mass is 9.99. The fourth-order valence-electron chi connectivity index (χ4n) is 4.92. The van der Waals surface area contributed by atoms with Crippen LogP contribution in [0.5, 0.6) is 0 Å². The molecule has 13 heteroatoms. The molecule has 0 radical (unpaired) electrons. The molecule has 0 spiro atoms. The number of rotatable bonds is 26. The second-order valence-corrected chi connectivity index (χ2v) is 11.6. The van der Waals surface area contributed by atoms with E-state index in [0.29, 0.717) is 6.42 Å². The van der Waals surface area contributed by atoms with Gasteiger partial charge in [-0.25, -0.2) is 0 Å². The number of ether oxygens (including phenoxy) is 4. The van der Waals surface area contributed by atoms with Crippen LogP contribution in [0.3, 0.4) is 0 Å². The maximum Gasteiger partial charge on any atom is 0.303 e. The molecule has 13 nitrogen and oxygen atoms in total. The van der Waals surface area contributed by atoms with Crippen LogP contribution in [0.1, 0.15) is 97.3 Å². The lowest BCUT2D eigenvalue weighted by molar-refractivity contribution is -0.354. The first kappa shape index (κ1) is 40.8. The highest BCUT2D eigenvalue weighted by molar-refractivity contribution is 5.66. The van der Waals surface area contributed by atoms with Crippen molar-refractivity contribution < 1.29 is 64.6 Å². The van der Waals surface area contributed by atoms with Crippen LogP contribution in [0.15, 0.2) is 12.2 Å². The van der Waals surface area contributed by atoms with Crippen LogP contribution >= 0.6 is 0 Å². The van der Waals surface area contributed by atoms with E-state index in [1.54, 1.807) is 0 Å². The topological polar surface area (TPSA) is 216 Å². The van der Waals surface area contributed by atoms with Crippen molar-refractivity contribution in [3.63, 3.8) is 0 Å². The number of hydrogen-bond acceptors (Lipinski definition) is 12. The van der Waals surface area contributed by atoms with Gasteiger partial charge in [-0.05, 0) is 52.4 Å². The van der Waals surface area contributed by atoms with Crippen LogP contribution in [0, 0.1) is 0 Å². The van der Waals surface area contributed by atoms with Crippen LogP contribution in [-0.4, -0.2) is 128 Å². The number of allylic oxidation sites excluding steroid dienone is 2. The number of carbonyl (C=O) groups is 1. The monoisotopic (exact) mass is 638 g/mol. The Morgan fingerprint density at radius 2 is 1.41 bits per heavy atom. The van der Waals surface area contributed by atoms with E-state index in [2.05, 4.69) is 12.2 Å². The Hall–Kier alpha value is -1.23. The van der Waals surface area contributed by atoms with Gasteiger partial charge in [0.15, 0.2) is 12.6 Å². The van der Waals surface area contributed by atoms with Crippen molar-refractivity contribution in [2.45, 2.75) is 159 Å². The Morgan fingerprint density at radius 1 is 0.818 bits per heavy atom. The largest absolute Gasteiger partial charge is 0.481 e. The number of carboxylic acid groups (broad SMARTS) is 1. The summed E-state index contributed by atoms with van der Waals surface area (Å²) in [5.74, 6) is -0.726. The molecule has 4 unspecified atom stereocenters. The number of aliphatic hydroxyl groups excluding tert-OH is 7. The second-order valence-electron chi connectivity index (χ2n) is 11.6. The molecule has 0 aromatic rings. The Morgan fingerprint density at radius 3 is 1.95 bits per heavy atom. The molecule has 1 rings (SSSR count). The van der Waals surface area contributed by atoms with Gasteiger partial charge in [0.05, 0.1) is 25.9 Å². The third kappa shape index (κ3) is 16.4. The van der Waals surface area contributed by atoms with Crippen molar-refractivity contribution in [2.24, 2.45) is 0 Å². The van der Waals surface area contributed by atoms with Crippen LogP contribution in [0.25, 0.3) is 0 Å².